The molecular formula is C9H12O5. The lowest BCUT2D eigenvalue weighted by Gasteiger charge is -2.01. The summed E-state index contributed by atoms with van der Waals surface area (Å²) >= 11 is 0. The summed E-state index contributed by atoms with van der Waals surface area (Å²) in [4.78, 5) is 31.6. The van der Waals surface area contributed by atoms with Crippen molar-refractivity contribution in [2.24, 2.45) is 5.92 Å². The van der Waals surface area contributed by atoms with E-state index < -0.39 is 17.9 Å². The number of ether oxygens (including phenoxy) is 1. The van der Waals surface area contributed by atoms with Gasteiger partial charge in [-0.3, -0.25) is 4.79 Å². The molecule has 0 fully saturated rings. The summed E-state index contributed by atoms with van der Waals surface area (Å²) in [6, 6.07) is 0. The molecule has 0 aliphatic rings. The summed E-state index contributed by atoms with van der Waals surface area (Å²) < 4.78 is 4.28. The summed E-state index contributed by atoms with van der Waals surface area (Å²) in [6.45, 7) is 3.61. The third kappa shape index (κ3) is 7.02. The fourth-order valence-electron chi connectivity index (χ4n) is 0.661. The van der Waals surface area contributed by atoms with Crippen molar-refractivity contribution in [2.75, 3.05) is 0 Å². The van der Waals surface area contributed by atoms with Crippen LogP contribution in [0.5, 0.6) is 0 Å². The van der Waals surface area contributed by atoms with Crippen LogP contribution in [0.4, 0.5) is 0 Å². The van der Waals surface area contributed by atoms with E-state index in [1.54, 1.807) is 13.8 Å². The van der Waals surface area contributed by atoms with Gasteiger partial charge in [-0.25, -0.2) is 9.59 Å². The lowest BCUT2D eigenvalue weighted by molar-refractivity contribution is -0.156. The van der Waals surface area contributed by atoms with Gasteiger partial charge in [0.15, 0.2) is 0 Å². The Balaban J connectivity index is 3.95. The topological polar surface area (TPSA) is 80.7 Å². The predicted octanol–water partition coefficient (Wildman–Crippen LogP) is 0.743. The van der Waals surface area contributed by atoms with Gasteiger partial charge in [0.2, 0.25) is 0 Å². The zero-order chi connectivity index (χ0) is 11.1. The Morgan fingerprint density at radius 1 is 1.29 bits per heavy atom. The zero-order valence-corrected chi connectivity index (χ0v) is 8.02. The highest BCUT2D eigenvalue weighted by atomic mass is 16.6. The molecule has 1 N–H and O–H groups in total. The average Bonchev–Trinajstić information content (AvgIpc) is 1.98. The van der Waals surface area contributed by atoms with Crippen LogP contribution in [0.15, 0.2) is 12.2 Å². The summed E-state index contributed by atoms with van der Waals surface area (Å²) in [5.74, 6) is -2.78. The van der Waals surface area contributed by atoms with E-state index in [1.807, 2.05) is 0 Å². The Kier molecular flexibility index (Phi) is 5.21. The highest BCUT2D eigenvalue weighted by molar-refractivity contribution is 5.95. The first-order valence-electron chi connectivity index (χ1n) is 4.07. The van der Waals surface area contributed by atoms with E-state index in [9.17, 15) is 14.4 Å². The summed E-state index contributed by atoms with van der Waals surface area (Å²) in [6.07, 6.45) is 1.44. The second kappa shape index (κ2) is 5.90. The molecule has 0 saturated carbocycles. The van der Waals surface area contributed by atoms with Gasteiger partial charge in [-0.2, -0.15) is 0 Å². The van der Waals surface area contributed by atoms with Crippen LogP contribution in [0.2, 0.25) is 0 Å². The smallest absolute Gasteiger partial charge is 0.338 e. The van der Waals surface area contributed by atoms with Crippen molar-refractivity contribution in [1.29, 1.82) is 0 Å². The maximum absolute atomic E-state index is 10.9. The number of hydrogen-bond donors (Lipinski definition) is 1. The minimum absolute atomic E-state index is 0.0961. The van der Waals surface area contributed by atoms with Crippen LogP contribution >= 0.6 is 0 Å². The van der Waals surface area contributed by atoms with Crippen molar-refractivity contribution in [1.82, 2.24) is 0 Å². The van der Waals surface area contributed by atoms with E-state index in [0.29, 0.717) is 12.2 Å². The molecule has 0 saturated heterocycles. The van der Waals surface area contributed by atoms with Gasteiger partial charge in [0, 0.05) is 18.6 Å². The molecule has 0 radical (unpaired) electrons. The second-order valence-corrected chi connectivity index (χ2v) is 3.06. The summed E-state index contributed by atoms with van der Waals surface area (Å²) in [5.41, 5.74) is 0. The van der Waals surface area contributed by atoms with Gasteiger partial charge in [0.1, 0.15) is 0 Å². The zero-order valence-electron chi connectivity index (χ0n) is 8.02. The Bertz CT molecular complexity index is 264. The number of carbonyl (C=O) groups is 3. The molecule has 0 aliphatic carbocycles. The fraction of sp³-hybridized carbons (Fsp3) is 0.444. The van der Waals surface area contributed by atoms with Gasteiger partial charge >= 0.3 is 17.9 Å². The lowest BCUT2D eigenvalue weighted by Crippen LogP contribution is -2.12. The molecule has 0 atom stereocenters. The van der Waals surface area contributed by atoms with E-state index in [2.05, 4.69) is 4.74 Å². The molecule has 0 aromatic heterocycles. The van der Waals surface area contributed by atoms with Crippen LogP contribution in [-0.4, -0.2) is 23.0 Å². The van der Waals surface area contributed by atoms with Gasteiger partial charge in [-0.05, 0) is 5.92 Å². The maximum Gasteiger partial charge on any atom is 0.338 e. The molecule has 5 heteroatoms. The largest absolute Gasteiger partial charge is 0.478 e. The number of rotatable bonds is 4. The molecule has 0 bridgehead atoms. The molecule has 0 unspecified atom stereocenters. The van der Waals surface area contributed by atoms with E-state index in [-0.39, 0.29) is 12.3 Å². The molecule has 0 heterocycles. The standard InChI is InChI=1S/C9H12O5/c1-6(2)5-9(13)14-8(12)4-3-7(10)11/h3-4,6H,5H2,1-2H3,(H,10,11)/b4-3-. The van der Waals surface area contributed by atoms with Crippen LogP contribution in [0.25, 0.3) is 0 Å². The monoisotopic (exact) mass is 200 g/mol. The molecular weight excluding hydrogens is 188 g/mol. The lowest BCUT2D eigenvalue weighted by atomic mass is 10.1. The minimum atomic E-state index is -1.27. The van der Waals surface area contributed by atoms with Gasteiger partial charge in [-0.1, -0.05) is 13.8 Å². The Morgan fingerprint density at radius 3 is 2.29 bits per heavy atom. The van der Waals surface area contributed by atoms with Crippen molar-refractivity contribution in [2.45, 2.75) is 20.3 Å². The Labute approximate surface area is 81.4 Å². The summed E-state index contributed by atoms with van der Waals surface area (Å²) in [5, 5.41) is 8.16. The number of hydrogen-bond acceptors (Lipinski definition) is 4. The molecule has 0 aromatic carbocycles. The normalized spacial score (nSPS) is 10.5. The molecule has 0 amide bonds. The third-order valence-electron chi connectivity index (χ3n) is 1.15. The first-order chi connectivity index (χ1) is 6.41. The first kappa shape index (κ1) is 12.3. The van der Waals surface area contributed by atoms with Crippen molar-refractivity contribution in [3.05, 3.63) is 12.2 Å². The van der Waals surface area contributed by atoms with Crippen LogP contribution in [0, 0.1) is 5.92 Å². The van der Waals surface area contributed by atoms with Crippen LogP contribution in [0.3, 0.4) is 0 Å². The third-order valence-corrected chi connectivity index (χ3v) is 1.15. The number of carbonyl (C=O) groups excluding carboxylic acids is 2. The van der Waals surface area contributed by atoms with E-state index in [4.69, 9.17) is 5.11 Å². The number of carboxylic acids is 1. The van der Waals surface area contributed by atoms with E-state index in [0.717, 1.165) is 0 Å². The molecule has 0 aliphatic heterocycles. The molecule has 5 nitrogen and oxygen atoms in total. The SMILES string of the molecule is CC(C)CC(=O)OC(=O)/C=C\C(=O)O. The Morgan fingerprint density at radius 2 is 1.86 bits per heavy atom. The highest BCUT2D eigenvalue weighted by Gasteiger charge is 2.09. The molecule has 78 valence electrons. The van der Waals surface area contributed by atoms with Gasteiger partial charge in [0.25, 0.3) is 0 Å². The second-order valence-electron chi connectivity index (χ2n) is 3.06. The fourth-order valence-corrected chi connectivity index (χ4v) is 0.661. The number of esters is 2. The highest BCUT2D eigenvalue weighted by Crippen LogP contribution is 2.01. The maximum atomic E-state index is 10.9. The van der Waals surface area contributed by atoms with Crippen LogP contribution in [0.1, 0.15) is 20.3 Å². The minimum Gasteiger partial charge on any atom is -0.478 e. The van der Waals surface area contributed by atoms with E-state index >= 15 is 0 Å². The average molecular weight is 200 g/mol. The summed E-state index contributed by atoms with van der Waals surface area (Å²) in [7, 11) is 0. The van der Waals surface area contributed by atoms with Crippen molar-refractivity contribution < 1.29 is 24.2 Å². The van der Waals surface area contributed by atoms with Crippen molar-refractivity contribution in [3.63, 3.8) is 0 Å². The van der Waals surface area contributed by atoms with Gasteiger partial charge in [-0.15, -0.1) is 0 Å². The molecule has 14 heavy (non-hydrogen) atoms. The van der Waals surface area contributed by atoms with Crippen LogP contribution in [-0.2, 0) is 19.1 Å². The predicted molar refractivity (Wildman–Crippen MR) is 47.3 cm³/mol. The van der Waals surface area contributed by atoms with Crippen LogP contribution < -0.4 is 0 Å². The number of carboxylic acid groups (broad SMARTS) is 1. The Hall–Kier alpha value is -1.65. The van der Waals surface area contributed by atoms with Gasteiger partial charge in [0.05, 0.1) is 0 Å². The van der Waals surface area contributed by atoms with Crippen molar-refractivity contribution >= 4 is 17.9 Å². The van der Waals surface area contributed by atoms with Crippen molar-refractivity contribution in [3.8, 4) is 0 Å². The number of aliphatic carboxylic acids is 1. The molecule has 0 spiro atoms. The molecule has 0 aromatic rings. The van der Waals surface area contributed by atoms with Gasteiger partial charge < -0.3 is 9.84 Å². The first-order valence-corrected chi connectivity index (χ1v) is 4.07. The molecule has 0 rings (SSSR count). The quantitative estimate of drug-likeness (QED) is 0.411. The van der Waals surface area contributed by atoms with E-state index in [1.165, 1.54) is 0 Å².